The fourth-order valence-electron chi connectivity index (χ4n) is 1.63. The first-order chi connectivity index (χ1) is 7.84. The molecule has 0 spiro atoms. The van der Waals surface area contributed by atoms with Gasteiger partial charge in [-0.25, -0.2) is 0 Å². The second-order valence-electron chi connectivity index (χ2n) is 3.49. The highest BCUT2D eigenvalue weighted by Crippen LogP contribution is 2.27. The van der Waals surface area contributed by atoms with Crippen molar-refractivity contribution >= 4 is 27.2 Å². The van der Waals surface area contributed by atoms with Gasteiger partial charge in [-0.05, 0) is 23.6 Å². The molecule has 0 N–H and O–H groups in total. The van der Waals surface area contributed by atoms with Crippen LogP contribution in [-0.2, 0) is 0 Å². The molecule has 0 aliphatic carbocycles. The van der Waals surface area contributed by atoms with Crippen molar-refractivity contribution in [3.8, 4) is 0 Å². The third-order valence-corrected chi connectivity index (χ3v) is 3.55. The third kappa shape index (κ3) is 1.46. The first kappa shape index (κ1) is 9.36. The summed E-state index contributed by atoms with van der Waals surface area (Å²) in [7, 11) is 0. The molecular weight excluding hydrogens is 220 g/mol. The molecule has 16 heavy (non-hydrogen) atoms. The van der Waals surface area contributed by atoms with Crippen LogP contribution in [0.1, 0.15) is 15.2 Å². The van der Waals surface area contributed by atoms with Gasteiger partial charge in [0.15, 0.2) is 0 Å². The van der Waals surface area contributed by atoms with Gasteiger partial charge in [0.05, 0.1) is 16.7 Å². The molecule has 3 aromatic rings. The summed E-state index contributed by atoms with van der Waals surface area (Å²) >= 11 is 1.51. The highest BCUT2D eigenvalue weighted by atomic mass is 32.1. The Morgan fingerprint density at radius 1 is 1.19 bits per heavy atom. The van der Waals surface area contributed by atoms with E-state index in [4.69, 9.17) is 4.42 Å². The summed E-state index contributed by atoms with van der Waals surface area (Å²) in [6.07, 6.45) is 2.99. The quantitative estimate of drug-likeness (QED) is 0.626. The van der Waals surface area contributed by atoms with Crippen LogP contribution in [0.25, 0.3) is 10.1 Å². The molecule has 2 nitrogen and oxygen atoms in total. The molecule has 78 valence electrons. The van der Waals surface area contributed by atoms with Gasteiger partial charge in [0.1, 0.15) is 6.26 Å². The van der Waals surface area contributed by atoms with E-state index in [1.807, 2.05) is 30.3 Å². The zero-order chi connectivity index (χ0) is 11.0. The maximum absolute atomic E-state index is 12.0. The fraction of sp³-hybridized carbons (Fsp3) is 0. The second-order valence-corrected chi connectivity index (χ2v) is 4.57. The Bertz CT molecular complexity index is 602. The summed E-state index contributed by atoms with van der Waals surface area (Å²) in [5.74, 6) is 0.0231. The van der Waals surface area contributed by atoms with Gasteiger partial charge in [0, 0.05) is 4.70 Å². The minimum atomic E-state index is 0.0231. The molecule has 0 atom stereocenters. The summed E-state index contributed by atoms with van der Waals surface area (Å²) in [5, 5.41) is 1.11. The summed E-state index contributed by atoms with van der Waals surface area (Å²) < 4.78 is 6.05. The first-order valence-electron chi connectivity index (χ1n) is 4.90. The van der Waals surface area contributed by atoms with Crippen LogP contribution >= 0.6 is 11.3 Å². The largest absolute Gasteiger partial charge is 0.472 e. The summed E-state index contributed by atoms with van der Waals surface area (Å²) in [5.41, 5.74) is 0.603. The highest BCUT2D eigenvalue weighted by Gasteiger charge is 2.13. The van der Waals surface area contributed by atoms with E-state index >= 15 is 0 Å². The zero-order valence-corrected chi connectivity index (χ0v) is 9.16. The zero-order valence-electron chi connectivity index (χ0n) is 8.34. The van der Waals surface area contributed by atoms with E-state index in [1.165, 1.54) is 23.9 Å². The predicted molar refractivity (Wildman–Crippen MR) is 64.0 cm³/mol. The molecule has 0 aliphatic rings. The van der Waals surface area contributed by atoms with Crippen molar-refractivity contribution in [2.24, 2.45) is 0 Å². The van der Waals surface area contributed by atoms with Gasteiger partial charge < -0.3 is 4.42 Å². The average molecular weight is 228 g/mol. The molecular formula is C13H8O2S. The lowest BCUT2D eigenvalue weighted by molar-refractivity contribution is 0.104. The SMILES string of the molecule is O=C(c1ccoc1)c1cc2ccccc2s1. The van der Waals surface area contributed by atoms with Crippen LogP contribution in [0.4, 0.5) is 0 Å². The van der Waals surface area contributed by atoms with Crippen molar-refractivity contribution in [2.75, 3.05) is 0 Å². The van der Waals surface area contributed by atoms with E-state index in [0.717, 1.165) is 15.0 Å². The van der Waals surface area contributed by atoms with E-state index in [1.54, 1.807) is 6.07 Å². The van der Waals surface area contributed by atoms with Gasteiger partial charge in [-0.2, -0.15) is 0 Å². The van der Waals surface area contributed by atoms with Crippen molar-refractivity contribution in [3.05, 3.63) is 59.4 Å². The van der Waals surface area contributed by atoms with Gasteiger partial charge in [-0.3, -0.25) is 4.79 Å². The van der Waals surface area contributed by atoms with E-state index < -0.39 is 0 Å². The Balaban J connectivity index is 2.10. The Hall–Kier alpha value is -1.87. The molecule has 0 saturated heterocycles. The van der Waals surface area contributed by atoms with Gasteiger partial charge in [0.25, 0.3) is 0 Å². The van der Waals surface area contributed by atoms with Crippen molar-refractivity contribution in [1.82, 2.24) is 0 Å². The number of fused-ring (bicyclic) bond motifs is 1. The van der Waals surface area contributed by atoms with Crippen LogP contribution in [-0.4, -0.2) is 5.78 Å². The smallest absolute Gasteiger partial charge is 0.206 e. The first-order valence-corrected chi connectivity index (χ1v) is 5.72. The average Bonchev–Trinajstić information content (AvgIpc) is 2.97. The molecule has 1 aromatic carbocycles. The van der Waals surface area contributed by atoms with Crippen LogP contribution in [0.5, 0.6) is 0 Å². The molecule has 2 aromatic heterocycles. The number of benzene rings is 1. The number of hydrogen-bond acceptors (Lipinski definition) is 3. The van der Waals surface area contributed by atoms with Crippen molar-refractivity contribution in [3.63, 3.8) is 0 Å². The molecule has 0 unspecified atom stereocenters. The molecule has 0 aliphatic heterocycles. The van der Waals surface area contributed by atoms with Crippen LogP contribution < -0.4 is 0 Å². The number of rotatable bonds is 2. The number of furan rings is 1. The monoisotopic (exact) mass is 228 g/mol. The minimum absolute atomic E-state index is 0.0231. The van der Waals surface area contributed by atoms with Crippen molar-refractivity contribution in [2.45, 2.75) is 0 Å². The normalized spacial score (nSPS) is 10.8. The number of hydrogen-bond donors (Lipinski definition) is 0. The van der Waals surface area contributed by atoms with E-state index in [2.05, 4.69) is 0 Å². The molecule has 0 amide bonds. The standard InChI is InChI=1S/C13H8O2S/c14-13(10-5-6-15-8-10)12-7-9-3-1-2-4-11(9)16-12/h1-8H. The maximum atomic E-state index is 12.0. The lowest BCUT2D eigenvalue weighted by Crippen LogP contribution is -1.95. The molecule has 0 radical (unpaired) electrons. The second kappa shape index (κ2) is 3.61. The van der Waals surface area contributed by atoms with Gasteiger partial charge >= 0.3 is 0 Å². The van der Waals surface area contributed by atoms with Crippen LogP contribution in [0.15, 0.2) is 53.3 Å². The summed E-state index contributed by atoms with van der Waals surface area (Å²) in [4.78, 5) is 12.8. The van der Waals surface area contributed by atoms with Crippen LogP contribution in [0.3, 0.4) is 0 Å². The molecule has 0 saturated carbocycles. The summed E-state index contributed by atoms with van der Waals surface area (Å²) in [6.45, 7) is 0. The number of thiophene rings is 1. The molecule has 3 heteroatoms. The molecule has 0 fully saturated rings. The van der Waals surface area contributed by atoms with Gasteiger partial charge in [0.2, 0.25) is 5.78 Å². The Labute approximate surface area is 96.1 Å². The van der Waals surface area contributed by atoms with E-state index in [9.17, 15) is 4.79 Å². The maximum Gasteiger partial charge on any atom is 0.206 e. The topological polar surface area (TPSA) is 30.2 Å². The fourth-order valence-corrected chi connectivity index (χ4v) is 2.65. The Morgan fingerprint density at radius 2 is 2.06 bits per heavy atom. The predicted octanol–water partition coefficient (Wildman–Crippen LogP) is 3.73. The van der Waals surface area contributed by atoms with Gasteiger partial charge in [-0.1, -0.05) is 18.2 Å². The highest BCUT2D eigenvalue weighted by molar-refractivity contribution is 7.21. The molecule has 3 rings (SSSR count). The lowest BCUT2D eigenvalue weighted by atomic mass is 10.2. The molecule has 0 bridgehead atoms. The van der Waals surface area contributed by atoms with E-state index in [-0.39, 0.29) is 5.78 Å². The van der Waals surface area contributed by atoms with Crippen LogP contribution in [0, 0.1) is 0 Å². The van der Waals surface area contributed by atoms with Crippen molar-refractivity contribution < 1.29 is 9.21 Å². The lowest BCUT2D eigenvalue weighted by Gasteiger charge is -1.89. The Morgan fingerprint density at radius 3 is 2.81 bits per heavy atom. The molecule has 2 heterocycles. The third-order valence-electron chi connectivity index (χ3n) is 2.43. The number of carbonyl (C=O) groups excluding carboxylic acids is 1. The Kier molecular flexibility index (Phi) is 2.11. The minimum Gasteiger partial charge on any atom is -0.472 e. The summed E-state index contributed by atoms with van der Waals surface area (Å²) in [6, 6.07) is 11.6. The van der Waals surface area contributed by atoms with E-state index in [0.29, 0.717) is 5.56 Å². The number of carbonyl (C=O) groups is 1. The van der Waals surface area contributed by atoms with Crippen LogP contribution in [0.2, 0.25) is 0 Å². The van der Waals surface area contributed by atoms with Gasteiger partial charge in [-0.15, -0.1) is 11.3 Å². The van der Waals surface area contributed by atoms with Crippen molar-refractivity contribution in [1.29, 1.82) is 0 Å². The number of ketones is 1.